The number of amides is 2. The zero-order chi connectivity index (χ0) is 24.4. The highest BCUT2D eigenvalue weighted by Crippen LogP contribution is 2.44. The average molecular weight is 466 g/mol. The van der Waals surface area contributed by atoms with Crippen molar-refractivity contribution in [3.05, 3.63) is 59.7 Å². The Hall–Kier alpha value is -3.39. The topological polar surface area (TPSA) is 99.2 Å². The standard InChI is InChI=1S/C26H31N3O5/c1-16(2)23(24(30)29-13-12-28(3)22(14-29)25(31)32)27-26(33)34-15-21-19-10-6-4-8-17(19)18-9-5-7-11-20(18)21/h4-11,16,21-23H,12-15H2,1-3H3,(H,27,33)(H,31,32)/t22?,23-/m0/s1. The van der Waals surface area contributed by atoms with Crippen LogP contribution < -0.4 is 5.32 Å². The predicted octanol–water partition coefficient (Wildman–Crippen LogP) is 2.78. The van der Waals surface area contributed by atoms with E-state index in [4.69, 9.17) is 4.74 Å². The maximum absolute atomic E-state index is 13.2. The normalized spacial score (nSPS) is 18.8. The number of carboxylic acid groups (broad SMARTS) is 1. The van der Waals surface area contributed by atoms with E-state index in [2.05, 4.69) is 17.4 Å². The van der Waals surface area contributed by atoms with E-state index < -0.39 is 24.1 Å². The summed E-state index contributed by atoms with van der Waals surface area (Å²) in [6, 6.07) is 14.6. The van der Waals surface area contributed by atoms with Gasteiger partial charge < -0.3 is 20.1 Å². The minimum absolute atomic E-state index is 0.0692. The number of fused-ring (bicyclic) bond motifs is 3. The van der Waals surface area contributed by atoms with Crippen molar-refractivity contribution in [1.82, 2.24) is 15.1 Å². The van der Waals surface area contributed by atoms with E-state index in [0.717, 1.165) is 22.3 Å². The highest BCUT2D eigenvalue weighted by Gasteiger charge is 2.36. The summed E-state index contributed by atoms with van der Waals surface area (Å²) in [5, 5.41) is 12.2. The molecule has 180 valence electrons. The number of carboxylic acids is 1. The monoisotopic (exact) mass is 465 g/mol. The lowest BCUT2D eigenvalue weighted by Crippen LogP contribution is -2.60. The van der Waals surface area contributed by atoms with Crippen molar-refractivity contribution in [1.29, 1.82) is 0 Å². The SMILES string of the molecule is CC(C)[C@H](NC(=O)OCC1c2ccccc2-c2ccccc21)C(=O)N1CCN(C)C(C(=O)O)C1. The van der Waals surface area contributed by atoms with Crippen LogP contribution in [0.2, 0.25) is 0 Å². The van der Waals surface area contributed by atoms with Gasteiger partial charge in [-0.2, -0.15) is 0 Å². The van der Waals surface area contributed by atoms with Gasteiger partial charge >= 0.3 is 12.1 Å². The van der Waals surface area contributed by atoms with Crippen LogP contribution in [0.25, 0.3) is 11.1 Å². The number of hydrogen-bond acceptors (Lipinski definition) is 5. The van der Waals surface area contributed by atoms with Crippen LogP contribution in [0.15, 0.2) is 48.5 Å². The van der Waals surface area contributed by atoms with E-state index in [-0.39, 0.29) is 30.9 Å². The zero-order valence-electron chi connectivity index (χ0n) is 19.7. The van der Waals surface area contributed by atoms with Crippen molar-refractivity contribution in [3.63, 3.8) is 0 Å². The number of likely N-dealkylation sites (N-methyl/N-ethyl adjacent to an activating group) is 1. The Kier molecular flexibility index (Phi) is 6.88. The second-order valence-electron chi connectivity index (χ2n) is 9.31. The first kappa shape index (κ1) is 23.8. The molecular formula is C26H31N3O5. The minimum Gasteiger partial charge on any atom is -0.480 e. The molecule has 2 atom stereocenters. The van der Waals surface area contributed by atoms with Crippen molar-refractivity contribution >= 4 is 18.0 Å². The third-order valence-electron chi connectivity index (χ3n) is 6.79. The van der Waals surface area contributed by atoms with Crippen LogP contribution in [-0.2, 0) is 14.3 Å². The fourth-order valence-corrected chi connectivity index (χ4v) is 4.82. The van der Waals surface area contributed by atoms with E-state index in [1.54, 1.807) is 11.9 Å². The van der Waals surface area contributed by atoms with Gasteiger partial charge in [0.2, 0.25) is 5.91 Å². The fraction of sp³-hybridized carbons (Fsp3) is 0.423. The van der Waals surface area contributed by atoms with E-state index in [0.29, 0.717) is 13.1 Å². The molecule has 1 aliphatic heterocycles. The largest absolute Gasteiger partial charge is 0.480 e. The number of hydrogen-bond donors (Lipinski definition) is 2. The summed E-state index contributed by atoms with van der Waals surface area (Å²) >= 11 is 0. The second kappa shape index (κ2) is 9.85. The smallest absolute Gasteiger partial charge is 0.407 e. The van der Waals surface area contributed by atoms with Gasteiger partial charge in [0.15, 0.2) is 0 Å². The number of carbonyl (C=O) groups excluding carboxylic acids is 2. The number of ether oxygens (including phenoxy) is 1. The van der Waals surface area contributed by atoms with Crippen LogP contribution >= 0.6 is 0 Å². The van der Waals surface area contributed by atoms with Crippen LogP contribution in [0.3, 0.4) is 0 Å². The summed E-state index contributed by atoms with van der Waals surface area (Å²) in [7, 11) is 1.73. The summed E-state index contributed by atoms with van der Waals surface area (Å²) < 4.78 is 5.61. The lowest BCUT2D eigenvalue weighted by molar-refractivity contribution is -0.148. The molecule has 0 spiro atoms. The quantitative estimate of drug-likeness (QED) is 0.681. The molecule has 2 aliphatic rings. The highest BCUT2D eigenvalue weighted by atomic mass is 16.5. The Morgan fingerprint density at radius 2 is 1.62 bits per heavy atom. The molecule has 0 saturated carbocycles. The summed E-state index contributed by atoms with van der Waals surface area (Å²) in [5.41, 5.74) is 4.52. The van der Waals surface area contributed by atoms with E-state index in [1.807, 2.05) is 50.2 Å². The number of nitrogens with zero attached hydrogens (tertiary/aromatic N) is 2. The maximum atomic E-state index is 13.2. The Morgan fingerprint density at radius 3 is 2.18 bits per heavy atom. The van der Waals surface area contributed by atoms with Gasteiger partial charge in [-0.05, 0) is 35.2 Å². The lowest BCUT2D eigenvalue weighted by atomic mass is 9.98. The minimum atomic E-state index is -0.967. The molecule has 8 nitrogen and oxygen atoms in total. The highest BCUT2D eigenvalue weighted by molar-refractivity contribution is 5.87. The van der Waals surface area contributed by atoms with Gasteiger partial charge in [-0.15, -0.1) is 0 Å². The molecule has 8 heteroatoms. The van der Waals surface area contributed by atoms with Crippen molar-refractivity contribution in [2.75, 3.05) is 33.3 Å². The molecule has 1 saturated heterocycles. The van der Waals surface area contributed by atoms with Crippen molar-refractivity contribution in [2.45, 2.75) is 31.8 Å². The van der Waals surface area contributed by atoms with Crippen molar-refractivity contribution < 1.29 is 24.2 Å². The third kappa shape index (κ3) is 4.63. The number of benzene rings is 2. The van der Waals surface area contributed by atoms with Gasteiger partial charge in [0.05, 0.1) is 0 Å². The van der Waals surface area contributed by atoms with Crippen LogP contribution in [0.4, 0.5) is 4.79 Å². The summed E-state index contributed by atoms with van der Waals surface area (Å²) in [4.78, 5) is 40.7. The van der Waals surface area contributed by atoms with Gasteiger partial charge in [0.25, 0.3) is 0 Å². The Labute approximate surface area is 199 Å². The van der Waals surface area contributed by atoms with E-state index in [1.165, 1.54) is 4.90 Å². The number of nitrogens with one attached hydrogen (secondary N) is 1. The molecule has 1 aliphatic carbocycles. The third-order valence-corrected chi connectivity index (χ3v) is 6.79. The van der Waals surface area contributed by atoms with Gasteiger partial charge in [-0.25, -0.2) is 4.79 Å². The molecule has 0 bridgehead atoms. The first-order chi connectivity index (χ1) is 16.3. The molecule has 2 aromatic carbocycles. The number of rotatable bonds is 6. The molecular weight excluding hydrogens is 434 g/mol. The zero-order valence-corrected chi connectivity index (χ0v) is 19.7. The molecule has 1 fully saturated rings. The van der Waals surface area contributed by atoms with Crippen molar-refractivity contribution in [2.24, 2.45) is 5.92 Å². The first-order valence-corrected chi connectivity index (χ1v) is 11.6. The Morgan fingerprint density at radius 1 is 1.03 bits per heavy atom. The lowest BCUT2D eigenvalue weighted by Gasteiger charge is -2.39. The van der Waals surface area contributed by atoms with Gasteiger partial charge in [0.1, 0.15) is 18.7 Å². The number of aliphatic carboxylic acids is 1. The maximum Gasteiger partial charge on any atom is 0.407 e. The van der Waals surface area contributed by atoms with Gasteiger partial charge in [-0.1, -0.05) is 62.4 Å². The Bertz CT molecular complexity index is 1040. The molecule has 0 aromatic heterocycles. The predicted molar refractivity (Wildman–Crippen MR) is 127 cm³/mol. The Balaban J connectivity index is 1.41. The fourth-order valence-electron chi connectivity index (χ4n) is 4.82. The van der Waals surface area contributed by atoms with Gasteiger partial charge in [-0.3, -0.25) is 14.5 Å². The van der Waals surface area contributed by atoms with Crippen molar-refractivity contribution in [3.8, 4) is 11.1 Å². The summed E-state index contributed by atoms with van der Waals surface area (Å²) in [5.74, 6) is -1.51. The second-order valence-corrected chi connectivity index (χ2v) is 9.31. The molecule has 2 amide bonds. The molecule has 4 rings (SSSR count). The number of piperazine rings is 1. The van der Waals surface area contributed by atoms with Gasteiger partial charge in [0, 0.05) is 25.6 Å². The van der Waals surface area contributed by atoms with Crippen LogP contribution in [-0.4, -0.2) is 78.2 Å². The molecule has 1 unspecified atom stereocenters. The van der Waals surface area contributed by atoms with E-state index in [9.17, 15) is 19.5 Å². The number of alkyl carbamates (subject to hydrolysis) is 1. The number of carbonyl (C=O) groups is 3. The first-order valence-electron chi connectivity index (χ1n) is 11.6. The average Bonchev–Trinajstić information content (AvgIpc) is 3.14. The summed E-state index contributed by atoms with van der Waals surface area (Å²) in [6.45, 7) is 4.80. The molecule has 2 N–H and O–H groups in total. The molecule has 34 heavy (non-hydrogen) atoms. The van der Waals surface area contributed by atoms with E-state index >= 15 is 0 Å². The van der Waals surface area contributed by atoms with Crippen LogP contribution in [0.1, 0.15) is 30.9 Å². The van der Waals surface area contributed by atoms with Crippen LogP contribution in [0, 0.1) is 5.92 Å². The van der Waals surface area contributed by atoms with Crippen LogP contribution in [0.5, 0.6) is 0 Å². The molecule has 1 heterocycles. The molecule has 0 radical (unpaired) electrons. The summed E-state index contributed by atoms with van der Waals surface area (Å²) in [6.07, 6.45) is -0.655. The molecule has 2 aromatic rings.